The summed E-state index contributed by atoms with van der Waals surface area (Å²) in [6, 6.07) is 6.27. The maximum atomic E-state index is 4.95. The van der Waals surface area contributed by atoms with Gasteiger partial charge >= 0.3 is 0 Å². The van der Waals surface area contributed by atoms with Crippen LogP contribution in [0, 0.1) is 0 Å². The molecule has 7 heteroatoms. The van der Waals surface area contributed by atoms with E-state index < -0.39 is 0 Å². The Bertz CT molecular complexity index is 975. The fourth-order valence-corrected chi connectivity index (χ4v) is 4.36. The lowest BCUT2D eigenvalue weighted by Gasteiger charge is -2.20. The number of pyridine rings is 1. The summed E-state index contributed by atoms with van der Waals surface area (Å²) in [4.78, 5) is 4.95. The van der Waals surface area contributed by atoms with Gasteiger partial charge in [-0.05, 0) is 44.1 Å². The highest BCUT2D eigenvalue weighted by Gasteiger charge is 2.20. The van der Waals surface area contributed by atoms with Crippen molar-refractivity contribution in [2.75, 3.05) is 13.1 Å². The van der Waals surface area contributed by atoms with Gasteiger partial charge in [-0.25, -0.2) is 9.50 Å². The minimum absolute atomic E-state index is 0.597. The first-order chi connectivity index (χ1) is 11.4. The lowest BCUT2D eigenvalue weighted by Crippen LogP contribution is -2.26. The SMILES string of the molecule is c1cc2cnnn2cc1-n1ccc2sc(C3CCNCC3)nc21. The van der Waals surface area contributed by atoms with E-state index in [0.29, 0.717) is 5.92 Å². The summed E-state index contributed by atoms with van der Waals surface area (Å²) in [7, 11) is 0. The molecule has 0 radical (unpaired) electrons. The molecule has 0 atom stereocenters. The average Bonchev–Trinajstić information content (AvgIpc) is 3.30. The number of hydrogen-bond donors (Lipinski definition) is 1. The second kappa shape index (κ2) is 5.14. The number of rotatable bonds is 2. The van der Waals surface area contributed by atoms with E-state index in [1.165, 1.54) is 22.5 Å². The minimum Gasteiger partial charge on any atom is -0.317 e. The molecule has 1 aliphatic rings. The number of aromatic nitrogens is 5. The highest BCUT2D eigenvalue weighted by molar-refractivity contribution is 7.18. The average molecular weight is 324 g/mol. The Hall–Kier alpha value is -2.25. The van der Waals surface area contributed by atoms with Gasteiger partial charge in [-0.3, -0.25) is 4.57 Å². The van der Waals surface area contributed by atoms with Gasteiger partial charge in [-0.1, -0.05) is 5.21 Å². The fraction of sp³-hybridized carbons (Fsp3) is 0.312. The van der Waals surface area contributed by atoms with E-state index in [0.717, 1.165) is 29.9 Å². The van der Waals surface area contributed by atoms with Gasteiger partial charge in [0.25, 0.3) is 0 Å². The highest BCUT2D eigenvalue weighted by atomic mass is 32.1. The number of piperidine rings is 1. The highest BCUT2D eigenvalue weighted by Crippen LogP contribution is 2.33. The van der Waals surface area contributed by atoms with Crippen LogP contribution in [-0.2, 0) is 0 Å². The molecule has 4 aromatic rings. The van der Waals surface area contributed by atoms with Crippen molar-refractivity contribution in [2.24, 2.45) is 0 Å². The second-order valence-electron chi connectivity index (χ2n) is 5.94. The number of fused-ring (bicyclic) bond motifs is 2. The predicted octanol–water partition coefficient (Wildman–Crippen LogP) is 2.60. The van der Waals surface area contributed by atoms with Crippen LogP contribution in [0.25, 0.3) is 21.6 Å². The number of thiazole rings is 1. The third kappa shape index (κ3) is 2.15. The summed E-state index contributed by atoms with van der Waals surface area (Å²) in [5.74, 6) is 0.597. The summed E-state index contributed by atoms with van der Waals surface area (Å²) in [6.07, 6.45) is 8.19. The van der Waals surface area contributed by atoms with Crippen LogP contribution in [0.15, 0.2) is 36.8 Å². The Morgan fingerprint density at radius 2 is 2.09 bits per heavy atom. The molecule has 23 heavy (non-hydrogen) atoms. The summed E-state index contributed by atoms with van der Waals surface area (Å²) in [6.45, 7) is 2.19. The van der Waals surface area contributed by atoms with Crippen LogP contribution in [0.1, 0.15) is 23.8 Å². The molecule has 116 valence electrons. The topological polar surface area (TPSA) is 60.0 Å². The molecule has 0 saturated carbocycles. The number of hydrogen-bond acceptors (Lipinski definition) is 5. The third-order valence-electron chi connectivity index (χ3n) is 4.50. The van der Waals surface area contributed by atoms with E-state index in [9.17, 15) is 0 Å². The van der Waals surface area contributed by atoms with Crippen molar-refractivity contribution in [3.8, 4) is 5.69 Å². The zero-order valence-electron chi connectivity index (χ0n) is 12.5. The van der Waals surface area contributed by atoms with Crippen LogP contribution in [0.3, 0.4) is 0 Å². The molecule has 1 fully saturated rings. The quantitative estimate of drug-likeness (QED) is 0.616. The lowest BCUT2D eigenvalue weighted by atomic mass is 9.99. The van der Waals surface area contributed by atoms with E-state index in [4.69, 9.17) is 4.98 Å². The predicted molar refractivity (Wildman–Crippen MR) is 90.3 cm³/mol. The van der Waals surface area contributed by atoms with Gasteiger partial charge < -0.3 is 5.32 Å². The Morgan fingerprint density at radius 3 is 3.00 bits per heavy atom. The standard InChI is InChI=1S/C16H16N6S/c1-2-13(10-22-12(1)9-18-20-22)21-8-5-14-15(21)19-16(23-14)11-3-6-17-7-4-11/h1-2,5,8-11,17H,3-4,6-7H2. The van der Waals surface area contributed by atoms with E-state index in [1.807, 2.05) is 23.6 Å². The largest absolute Gasteiger partial charge is 0.317 e. The third-order valence-corrected chi connectivity index (χ3v) is 5.68. The van der Waals surface area contributed by atoms with Gasteiger partial charge in [0.15, 0.2) is 5.65 Å². The van der Waals surface area contributed by atoms with Crippen molar-refractivity contribution in [3.63, 3.8) is 0 Å². The molecule has 0 unspecified atom stereocenters. The van der Waals surface area contributed by atoms with Gasteiger partial charge in [0, 0.05) is 12.1 Å². The van der Waals surface area contributed by atoms with E-state index in [2.05, 4.69) is 38.5 Å². The molecule has 0 spiro atoms. The Morgan fingerprint density at radius 1 is 1.17 bits per heavy atom. The van der Waals surface area contributed by atoms with Crippen molar-refractivity contribution < 1.29 is 0 Å². The molecule has 1 aliphatic heterocycles. The molecule has 0 aromatic carbocycles. The van der Waals surface area contributed by atoms with E-state index >= 15 is 0 Å². The number of nitrogens with one attached hydrogen (secondary N) is 1. The molecule has 1 saturated heterocycles. The van der Waals surface area contributed by atoms with Crippen LogP contribution in [0.2, 0.25) is 0 Å². The van der Waals surface area contributed by atoms with Crippen LogP contribution >= 0.6 is 11.3 Å². The molecule has 1 N–H and O–H groups in total. The Kier molecular flexibility index (Phi) is 2.95. The van der Waals surface area contributed by atoms with Crippen LogP contribution in [0.4, 0.5) is 0 Å². The molecule has 6 nitrogen and oxygen atoms in total. The molecule has 5 heterocycles. The first kappa shape index (κ1) is 13.2. The first-order valence-electron chi connectivity index (χ1n) is 7.87. The van der Waals surface area contributed by atoms with E-state index in [1.54, 1.807) is 10.7 Å². The zero-order chi connectivity index (χ0) is 15.2. The van der Waals surface area contributed by atoms with Crippen molar-refractivity contribution >= 4 is 27.2 Å². The number of nitrogens with zero attached hydrogens (tertiary/aromatic N) is 5. The van der Waals surface area contributed by atoms with Gasteiger partial charge in [0.05, 0.1) is 33.3 Å². The Balaban J connectivity index is 1.59. The van der Waals surface area contributed by atoms with E-state index in [-0.39, 0.29) is 0 Å². The lowest BCUT2D eigenvalue weighted by molar-refractivity contribution is 0.459. The van der Waals surface area contributed by atoms with Crippen molar-refractivity contribution in [1.82, 2.24) is 29.7 Å². The molecular formula is C16H16N6S. The van der Waals surface area contributed by atoms with Gasteiger partial charge in [0.1, 0.15) is 0 Å². The summed E-state index contributed by atoms with van der Waals surface area (Å²) in [5.41, 5.74) is 3.09. The molecule has 0 amide bonds. The normalized spacial score (nSPS) is 16.5. The van der Waals surface area contributed by atoms with Crippen molar-refractivity contribution in [3.05, 3.63) is 41.8 Å². The minimum atomic E-state index is 0.597. The van der Waals surface area contributed by atoms with Gasteiger partial charge in [-0.15, -0.1) is 16.4 Å². The molecule has 0 aliphatic carbocycles. The monoisotopic (exact) mass is 324 g/mol. The summed E-state index contributed by atoms with van der Waals surface area (Å²) >= 11 is 1.83. The van der Waals surface area contributed by atoms with Crippen LogP contribution in [0.5, 0.6) is 0 Å². The molecule has 0 bridgehead atoms. The summed E-state index contributed by atoms with van der Waals surface area (Å²) < 4.78 is 5.18. The van der Waals surface area contributed by atoms with Crippen LogP contribution in [-0.4, -0.2) is 37.5 Å². The molecule has 5 rings (SSSR count). The Labute approximate surface area is 136 Å². The maximum absolute atomic E-state index is 4.95. The van der Waals surface area contributed by atoms with Gasteiger partial charge in [-0.2, -0.15) is 0 Å². The molecular weight excluding hydrogens is 308 g/mol. The smallest absolute Gasteiger partial charge is 0.155 e. The fourth-order valence-electron chi connectivity index (χ4n) is 3.24. The maximum Gasteiger partial charge on any atom is 0.155 e. The van der Waals surface area contributed by atoms with Gasteiger partial charge in [0.2, 0.25) is 0 Å². The second-order valence-corrected chi connectivity index (χ2v) is 7.00. The van der Waals surface area contributed by atoms with Crippen molar-refractivity contribution in [2.45, 2.75) is 18.8 Å². The summed E-state index contributed by atoms with van der Waals surface area (Å²) in [5, 5.41) is 12.7. The van der Waals surface area contributed by atoms with Crippen LogP contribution < -0.4 is 5.32 Å². The molecule has 4 aromatic heterocycles. The van der Waals surface area contributed by atoms with Crippen molar-refractivity contribution in [1.29, 1.82) is 0 Å². The zero-order valence-corrected chi connectivity index (χ0v) is 13.3. The first-order valence-corrected chi connectivity index (χ1v) is 8.69.